The molecule has 0 spiro atoms. The number of carbonyl (C=O) groups is 3. The van der Waals surface area contributed by atoms with Crippen molar-refractivity contribution < 1.29 is 37.0 Å². The van der Waals surface area contributed by atoms with E-state index in [1.54, 1.807) is 31.2 Å². The van der Waals surface area contributed by atoms with Gasteiger partial charge in [0.1, 0.15) is 5.75 Å². The fourth-order valence-corrected chi connectivity index (χ4v) is 4.07. The number of nitrogens with one attached hydrogen (secondary N) is 2. The molecule has 0 aromatic heterocycles. The lowest BCUT2D eigenvalue weighted by molar-refractivity contribution is -0.153. The van der Waals surface area contributed by atoms with Crippen LogP contribution in [0.1, 0.15) is 25.8 Å². The molecular formula is C22H21F3N2O5S. The predicted octanol–water partition coefficient (Wildman–Crippen LogP) is 4.48. The Hall–Kier alpha value is -3.21. The third kappa shape index (κ3) is 6.19. The lowest BCUT2D eigenvalue weighted by Crippen LogP contribution is -2.34. The van der Waals surface area contributed by atoms with Crippen molar-refractivity contribution in [3.8, 4) is 5.75 Å². The van der Waals surface area contributed by atoms with Gasteiger partial charge >= 0.3 is 12.1 Å². The van der Waals surface area contributed by atoms with Gasteiger partial charge in [-0.1, -0.05) is 12.1 Å². The van der Waals surface area contributed by atoms with E-state index in [9.17, 15) is 27.6 Å². The van der Waals surface area contributed by atoms with Crippen molar-refractivity contribution in [2.45, 2.75) is 42.7 Å². The summed E-state index contributed by atoms with van der Waals surface area (Å²) in [5.41, 5.74) is -0.430. The topological polar surface area (TPSA) is 93.7 Å². The standard InChI is InChI=1S/C22H21F3N2O5S/c1-3-31-16-7-5-4-6-14(16)26-20(29)12(2)32-19(28)11-18-21(30)27-15-10-13(22(23,24)25)8-9-17(15)33-18/h4-10,12,18H,3,11H2,1-2H3,(H,26,29)(H,27,30). The summed E-state index contributed by atoms with van der Waals surface area (Å²) in [7, 11) is 0. The summed E-state index contributed by atoms with van der Waals surface area (Å²) >= 11 is 0.961. The number of benzene rings is 2. The zero-order valence-corrected chi connectivity index (χ0v) is 18.5. The summed E-state index contributed by atoms with van der Waals surface area (Å²) in [5.74, 6) is -1.53. The summed E-state index contributed by atoms with van der Waals surface area (Å²) in [6.07, 6.45) is -6.04. The van der Waals surface area contributed by atoms with Crippen molar-refractivity contribution >= 4 is 40.9 Å². The first kappa shape index (κ1) is 24.4. The van der Waals surface area contributed by atoms with Gasteiger partial charge in [-0.05, 0) is 44.2 Å². The molecule has 0 radical (unpaired) electrons. The van der Waals surface area contributed by atoms with E-state index in [4.69, 9.17) is 9.47 Å². The van der Waals surface area contributed by atoms with Crippen LogP contribution in [0.4, 0.5) is 24.5 Å². The van der Waals surface area contributed by atoms with Gasteiger partial charge in [-0.2, -0.15) is 13.2 Å². The van der Waals surface area contributed by atoms with Crippen LogP contribution in [0.15, 0.2) is 47.4 Å². The summed E-state index contributed by atoms with van der Waals surface area (Å²) in [4.78, 5) is 37.4. The minimum atomic E-state index is -4.54. The number of hydrogen-bond donors (Lipinski definition) is 2. The Balaban J connectivity index is 1.58. The van der Waals surface area contributed by atoms with Gasteiger partial charge in [-0.15, -0.1) is 11.8 Å². The number of alkyl halides is 3. The van der Waals surface area contributed by atoms with Crippen LogP contribution in [-0.2, 0) is 25.3 Å². The average Bonchev–Trinajstić information content (AvgIpc) is 2.74. The molecule has 2 atom stereocenters. The molecule has 3 rings (SSSR count). The molecule has 1 aliphatic heterocycles. The van der Waals surface area contributed by atoms with Crippen molar-refractivity contribution in [2.24, 2.45) is 0 Å². The van der Waals surface area contributed by atoms with Crippen LogP contribution in [0.2, 0.25) is 0 Å². The summed E-state index contributed by atoms with van der Waals surface area (Å²) in [6, 6.07) is 9.79. The first-order valence-electron chi connectivity index (χ1n) is 9.99. The summed E-state index contributed by atoms with van der Waals surface area (Å²) in [6.45, 7) is 3.59. The highest BCUT2D eigenvalue weighted by Gasteiger charge is 2.35. The molecule has 2 amide bonds. The molecule has 7 nitrogen and oxygen atoms in total. The highest BCUT2D eigenvalue weighted by molar-refractivity contribution is 8.01. The number of para-hydroxylation sites is 2. The van der Waals surface area contributed by atoms with Crippen LogP contribution in [0.3, 0.4) is 0 Å². The van der Waals surface area contributed by atoms with Crippen LogP contribution in [0, 0.1) is 0 Å². The second-order valence-electron chi connectivity index (χ2n) is 7.06. The third-order valence-electron chi connectivity index (χ3n) is 4.60. The average molecular weight is 482 g/mol. The highest BCUT2D eigenvalue weighted by atomic mass is 32.2. The monoisotopic (exact) mass is 482 g/mol. The van der Waals surface area contributed by atoms with Crippen molar-refractivity contribution in [1.29, 1.82) is 0 Å². The van der Waals surface area contributed by atoms with Gasteiger partial charge in [0.25, 0.3) is 5.91 Å². The number of anilines is 2. The molecule has 0 fully saturated rings. The smallest absolute Gasteiger partial charge is 0.416 e. The molecule has 1 heterocycles. The molecule has 2 unspecified atom stereocenters. The number of halogens is 3. The Morgan fingerprint density at radius 2 is 1.94 bits per heavy atom. The lowest BCUT2D eigenvalue weighted by atomic mass is 10.1. The second-order valence-corrected chi connectivity index (χ2v) is 8.30. The maximum absolute atomic E-state index is 12.9. The van der Waals surface area contributed by atoms with Gasteiger partial charge in [0, 0.05) is 4.90 Å². The fourth-order valence-electron chi connectivity index (χ4n) is 3.00. The maximum Gasteiger partial charge on any atom is 0.416 e. The predicted molar refractivity (Wildman–Crippen MR) is 116 cm³/mol. The molecule has 2 N–H and O–H groups in total. The van der Waals surface area contributed by atoms with E-state index < -0.39 is 40.9 Å². The van der Waals surface area contributed by atoms with Gasteiger partial charge in [0.15, 0.2) is 6.10 Å². The molecule has 2 aromatic carbocycles. The molecular weight excluding hydrogens is 461 g/mol. The van der Waals surface area contributed by atoms with Crippen molar-refractivity contribution in [1.82, 2.24) is 0 Å². The number of esters is 1. The molecule has 0 bridgehead atoms. The molecule has 1 aliphatic rings. The van der Waals surface area contributed by atoms with E-state index in [1.165, 1.54) is 13.0 Å². The first-order chi connectivity index (χ1) is 15.6. The van der Waals surface area contributed by atoms with E-state index in [1.807, 2.05) is 0 Å². The molecule has 0 saturated carbocycles. The number of hydrogen-bond acceptors (Lipinski definition) is 6. The van der Waals surface area contributed by atoms with Crippen molar-refractivity contribution in [3.63, 3.8) is 0 Å². The van der Waals surface area contributed by atoms with Crippen LogP contribution in [0.25, 0.3) is 0 Å². The number of ether oxygens (including phenoxy) is 2. The number of fused-ring (bicyclic) bond motifs is 1. The van der Waals surface area contributed by atoms with E-state index in [-0.39, 0.29) is 12.1 Å². The third-order valence-corrected chi connectivity index (χ3v) is 5.88. The Morgan fingerprint density at radius 1 is 1.21 bits per heavy atom. The Kier molecular flexibility index (Phi) is 7.52. The maximum atomic E-state index is 12.9. The first-order valence-corrected chi connectivity index (χ1v) is 10.9. The minimum Gasteiger partial charge on any atom is -0.492 e. The van der Waals surface area contributed by atoms with Crippen LogP contribution in [0.5, 0.6) is 5.75 Å². The van der Waals surface area contributed by atoms with Crippen LogP contribution in [-0.4, -0.2) is 35.7 Å². The van der Waals surface area contributed by atoms with Gasteiger partial charge < -0.3 is 20.1 Å². The quantitative estimate of drug-likeness (QED) is 0.566. The van der Waals surface area contributed by atoms with Crippen molar-refractivity contribution in [3.05, 3.63) is 48.0 Å². The number of carbonyl (C=O) groups excluding carboxylic acids is 3. The van der Waals surface area contributed by atoms with Crippen LogP contribution < -0.4 is 15.4 Å². The molecule has 2 aromatic rings. The molecule has 0 saturated heterocycles. The minimum absolute atomic E-state index is 0.0325. The van der Waals surface area contributed by atoms with E-state index >= 15 is 0 Å². The lowest BCUT2D eigenvalue weighted by Gasteiger charge is -2.24. The highest BCUT2D eigenvalue weighted by Crippen LogP contribution is 2.40. The largest absolute Gasteiger partial charge is 0.492 e. The van der Waals surface area contributed by atoms with E-state index in [0.717, 1.165) is 23.9 Å². The number of amides is 2. The van der Waals surface area contributed by atoms with Gasteiger partial charge in [-0.3, -0.25) is 14.4 Å². The number of thioether (sulfide) groups is 1. The SMILES string of the molecule is CCOc1ccccc1NC(=O)C(C)OC(=O)CC1Sc2ccc(C(F)(F)F)cc2NC1=O. The fraction of sp³-hybridized carbons (Fsp3) is 0.318. The van der Waals surface area contributed by atoms with Gasteiger partial charge in [0.05, 0.1) is 35.2 Å². The Labute approximate surface area is 192 Å². The second kappa shape index (κ2) is 10.2. The summed E-state index contributed by atoms with van der Waals surface area (Å²) < 4.78 is 49.2. The molecule has 33 heavy (non-hydrogen) atoms. The number of rotatable bonds is 7. The van der Waals surface area contributed by atoms with E-state index in [0.29, 0.717) is 22.9 Å². The zero-order valence-electron chi connectivity index (χ0n) is 17.7. The van der Waals surface area contributed by atoms with E-state index in [2.05, 4.69) is 10.6 Å². The van der Waals surface area contributed by atoms with Crippen molar-refractivity contribution in [2.75, 3.05) is 17.2 Å². The normalized spacial score (nSPS) is 16.3. The Bertz CT molecular complexity index is 1060. The van der Waals surface area contributed by atoms with Gasteiger partial charge in [-0.25, -0.2) is 0 Å². The molecule has 0 aliphatic carbocycles. The Morgan fingerprint density at radius 3 is 2.64 bits per heavy atom. The van der Waals surface area contributed by atoms with Crippen LogP contribution >= 0.6 is 11.8 Å². The zero-order chi connectivity index (χ0) is 24.2. The van der Waals surface area contributed by atoms with Gasteiger partial charge in [0.2, 0.25) is 5.91 Å². The molecule has 11 heteroatoms. The molecule has 176 valence electrons. The summed E-state index contributed by atoms with van der Waals surface area (Å²) in [5, 5.41) is 4.11.